The van der Waals surface area contributed by atoms with Crippen LogP contribution in [0.15, 0.2) is 89.8 Å². The van der Waals surface area contributed by atoms with Crippen LogP contribution in [0, 0.1) is 0 Å². The number of rotatable bonds is 11. The number of halogens is 1. The van der Waals surface area contributed by atoms with E-state index in [-0.39, 0.29) is 23.4 Å². The van der Waals surface area contributed by atoms with Gasteiger partial charge in [-0.05, 0) is 62.2 Å². The maximum atomic E-state index is 13.9. The van der Waals surface area contributed by atoms with E-state index in [0.29, 0.717) is 17.1 Å². The summed E-state index contributed by atoms with van der Waals surface area (Å²) in [5.41, 5.74) is 1.17. The quantitative estimate of drug-likeness (QED) is 0.375. The number of nitrogens with zero attached hydrogens (tertiary/aromatic N) is 2. The van der Waals surface area contributed by atoms with Crippen molar-refractivity contribution in [1.29, 1.82) is 0 Å². The van der Waals surface area contributed by atoms with Gasteiger partial charge in [-0.2, -0.15) is 0 Å². The first kappa shape index (κ1) is 28.2. The van der Waals surface area contributed by atoms with Crippen molar-refractivity contribution >= 4 is 39.1 Å². The van der Waals surface area contributed by atoms with Gasteiger partial charge in [0.15, 0.2) is 0 Å². The topological polar surface area (TPSA) is 86.8 Å². The zero-order valence-corrected chi connectivity index (χ0v) is 22.7. The van der Waals surface area contributed by atoms with Crippen LogP contribution in [0.2, 0.25) is 5.02 Å². The van der Waals surface area contributed by atoms with Gasteiger partial charge in [-0.25, -0.2) is 8.42 Å². The predicted molar refractivity (Wildman–Crippen MR) is 147 cm³/mol. The molecule has 3 aromatic rings. The van der Waals surface area contributed by atoms with Gasteiger partial charge in [-0.3, -0.25) is 13.9 Å². The molecule has 0 aliphatic heterocycles. The van der Waals surface area contributed by atoms with Crippen molar-refractivity contribution in [3.8, 4) is 0 Å². The van der Waals surface area contributed by atoms with Crippen molar-refractivity contribution in [2.45, 2.75) is 50.7 Å². The summed E-state index contributed by atoms with van der Waals surface area (Å²) in [7, 11) is -4.12. The van der Waals surface area contributed by atoms with E-state index in [9.17, 15) is 18.0 Å². The zero-order chi connectivity index (χ0) is 27.0. The lowest BCUT2D eigenvalue weighted by molar-refractivity contribution is -0.140. The first-order chi connectivity index (χ1) is 17.6. The van der Waals surface area contributed by atoms with E-state index in [1.54, 1.807) is 30.3 Å². The van der Waals surface area contributed by atoms with Gasteiger partial charge in [0.05, 0.1) is 10.6 Å². The number of anilines is 1. The summed E-state index contributed by atoms with van der Waals surface area (Å²) in [5.74, 6) is -0.774. The molecule has 9 heteroatoms. The average Bonchev–Trinajstić information content (AvgIpc) is 2.88. The highest BCUT2D eigenvalue weighted by atomic mass is 35.5. The van der Waals surface area contributed by atoms with Crippen molar-refractivity contribution in [2.75, 3.05) is 10.8 Å². The fourth-order valence-electron chi connectivity index (χ4n) is 3.94. The van der Waals surface area contributed by atoms with E-state index in [1.807, 2.05) is 51.1 Å². The number of para-hydroxylation sites is 1. The van der Waals surface area contributed by atoms with Gasteiger partial charge >= 0.3 is 0 Å². The highest BCUT2D eigenvalue weighted by Gasteiger charge is 2.33. The summed E-state index contributed by atoms with van der Waals surface area (Å²) in [6, 6.07) is 22.7. The molecule has 2 amide bonds. The summed E-state index contributed by atoms with van der Waals surface area (Å²) >= 11 is 5.97. The van der Waals surface area contributed by atoms with Crippen molar-refractivity contribution in [3.05, 3.63) is 95.5 Å². The first-order valence-corrected chi connectivity index (χ1v) is 13.9. The molecule has 0 radical (unpaired) electrons. The smallest absolute Gasteiger partial charge is 0.264 e. The Morgan fingerprint density at radius 3 is 2.00 bits per heavy atom. The van der Waals surface area contributed by atoms with E-state index < -0.39 is 28.5 Å². The SMILES string of the molecule is CC[C@@H](C(=O)NC(C)C)N(Cc1ccccc1)C(=O)CN(c1ccccc1)S(=O)(=O)c1ccc(Cl)cc1. The molecule has 0 spiro atoms. The van der Waals surface area contributed by atoms with E-state index in [4.69, 9.17) is 11.6 Å². The molecule has 1 N–H and O–H groups in total. The lowest BCUT2D eigenvalue weighted by Crippen LogP contribution is -2.53. The molecule has 0 saturated carbocycles. The van der Waals surface area contributed by atoms with Gasteiger partial charge in [-0.15, -0.1) is 0 Å². The molecule has 0 aliphatic carbocycles. The van der Waals surface area contributed by atoms with Crippen LogP contribution in [0.25, 0.3) is 0 Å². The second-order valence-electron chi connectivity index (χ2n) is 8.90. The summed E-state index contributed by atoms with van der Waals surface area (Å²) in [6.07, 6.45) is 0.367. The van der Waals surface area contributed by atoms with Crippen LogP contribution in [0.4, 0.5) is 5.69 Å². The van der Waals surface area contributed by atoms with Crippen LogP contribution in [-0.4, -0.2) is 43.8 Å². The molecule has 0 saturated heterocycles. The van der Waals surface area contributed by atoms with Crippen LogP contribution in [0.3, 0.4) is 0 Å². The minimum absolute atomic E-state index is 0.00718. The molecule has 1 atom stereocenters. The molecule has 37 heavy (non-hydrogen) atoms. The molecule has 0 aromatic heterocycles. The molecule has 0 aliphatic rings. The van der Waals surface area contributed by atoms with Gasteiger partial charge in [0.2, 0.25) is 11.8 Å². The molecule has 3 rings (SSSR count). The van der Waals surface area contributed by atoms with Crippen molar-refractivity contribution in [2.24, 2.45) is 0 Å². The molecule has 3 aromatic carbocycles. The number of sulfonamides is 1. The Kier molecular flexibility index (Phi) is 9.72. The highest BCUT2D eigenvalue weighted by Crippen LogP contribution is 2.25. The Morgan fingerprint density at radius 2 is 1.46 bits per heavy atom. The molecule has 0 fully saturated rings. The second-order valence-corrected chi connectivity index (χ2v) is 11.2. The number of nitrogens with one attached hydrogen (secondary N) is 1. The molecule has 0 unspecified atom stereocenters. The third-order valence-electron chi connectivity index (χ3n) is 5.74. The van der Waals surface area contributed by atoms with Gasteiger partial charge in [0.1, 0.15) is 12.6 Å². The Bertz CT molecular complexity index is 1280. The molecular weight excluding hydrogens is 510 g/mol. The number of amides is 2. The van der Waals surface area contributed by atoms with Gasteiger partial charge in [0.25, 0.3) is 10.0 Å². The largest absolute Gasteiger partial charge is 0.352 e. The van der Waals surface area contributed by atoms with Crippen LogP contribution in [0.5, 0.6) is 0 Å². The van der Waals surface area contributed by atoms with Gasteiger partial charge < -0.3 is 10.2 Å². The predicted octanol–water partition coefficient (Wildman–Crippen LogP) is 4.87. The van der Waals surface area contributed by atoms with Gasteiger partial charge in [-0.1, -0.05) is 67.1 Å². The lowest BCUT2D eigenvalue weighted by atomic mass is 10.1. The zero-order valence-electron chi connectivity index (χ0n) is 21.2. The van der Waals surface area contributed by atoms with Crippen LogP contribution < -0.4 is 9.62 Å². The van der Waals surface area contributed by atoms with Crippen molar-refractivity contribution in [1.82, 2.24) is 10.2 Å². The number of hydrogen-bond donors (Lipinski definition) is 1. The number of carbonyl (C=O) groups excluding carboxylic acids is 2. The fraction of sp³-hybridized carbons (Fsp3) is 0.286. The minimum atomic E-state index is -4.12. The maximum Gasteiger partial charge on any atom is 0.264 e. The number of carbonyl (C=O) groups is 2. The minimum Gasteiger partial charge on any atom is -0.352 e. The van der Waals surface area contributed by atoms with Crippen molar-refractivity contribution < 1.29 is 18.0 Å². The fourth-order valence-corrected chi connectivity index (χ4v) is 5.48. The Hall–Kier alpha value is -3.36. The molecule has 196 valence electrons. The summed E-state index contributed by atoms with van der Waals surface area (Å²) in [5, 5.41) is 3.28. The van der Waals surface area contributed by atoms with E-state index in [1.165, 1.54) is 29.2 Å². The molecular formula is C28H32ClN3O4S. The van der Waals surface area contributed by atoms with Gasteiger partial charge in [0, 0.05) is 17.6 Å². The summed E-state index contributed by atoms with van der Waals surface area (Å²) < 4.78 is 28.5. The first-order valence-electron chi connectivity index (χ1n) is 12.1. The number of hydrogen-bond acceptors (Lipinski definition) is 4. The third kappa shape index (κ3) is 7.33. The monoisotopic (exact) mass is 541 g/mol. The Labute approximate surface area is 224 Å². The van der Waals surface area contributed by atoms with E-state index >= 15 is 0 Å². The highest BCUT2D eigenvalue weighted by molar-refractivity contribution is 7.92. The van der Waals surface area contributed by atoms with E-state index in [0.717, 1.165) is 9.87 Å². The Morgan fingerprint density at radius 1 is 0.892 bits per heavy atom. The van der Waals surface area contributed by atoms with E-state index in [2.05, 4.69) is 5.32 Å². The average molecular weight is 542 g/mol. The number of benzene rings is 3. The van der Waals surface area contributed by atoms with Crippen LogP contribution in [-0.2, 0) is 26.2 Å². The maximum absolute atomic E-state index is 13.9. The lowest BCUT2D eigenvalue weighted by Gasteiger charge is -2.33. The molecule has 0 heterocycles. The summed E-state index contributed by atoms with van der Waals surface area (Å²) in [6.45, 7) is 5.21. The Balaban J connectivity index is 2.02. The van der Waals surface area contributed by atoms with Crippen LogP contribution >= 0.6 is 11.6 Å². The third-order valence-corrected chi connectivity index (χ3v) is 7.78. The van der Waals surface area contributed by atoms with Crippen molar-refractivity contribution in [3.63, 3.8) is 0 Å². The second kappa shape index (κ2) is 12.7. The molecule has 7 nitrogen and oxygen atoms in total. The van der Waals surface area contributed by atoms with Crippen LogP contribution in [0.1, 0.15) is 32.8 Å². The summed E-state index contributed by atoms with van der Waals surface area (Å²) in [4.78, 5) is 28.4. The normalized spacial score (nSPS) is 12.1. The standard InChI is InChI=1S/C28H32ClN3O4S/c1-4-26(28(34)30-21(2)3)31(19-22-11-7-5-8-12-22)27(33)20-32(24-13-9-6-10-14-24)37(35,36)25-17-15-23(29)16-18-25/h5-18,21,26H,4,19-20H2,1-3H3,(H,30,34)/t26-/m0/s1. The molecule has 0 bridgehead atoms.